The van der Waals surface area contributed by atoms with Crippen molar-refractivity contribution in [1.29, 1.82) is 0 Å². The van der Waals surface area contributed by atoms with Crippen LogP contribution in [0.4, 0.5) is 16.2 Å². The minimum atomic E-state index is -0.529. The molecule has 0 radical (unpaired) electrons. The maximum absolute atomic E-state index is 11.6. The molecule has 1 aliphatic rings. The number of anilines is 1. The van der Waals surface area contributed by atoms with E-state index in [9.17, 15) is 14.9 Å². The third-order valence-corrected chi connectivity index (χ3v) is 2.33. The van der Waals surface area contributed by atoms with Crippen molar-refractivity contribution < 1.29 is 9.72 Å². The van der Waals surface area contributed by atoms with Gasteiger partial charge in [-0.1, -0.05) is 0 Å². The number of carbonyl (C=O) groups excluding carboxylic acids is 1. The van der Waals surface area contributed by atoms with Gasteiger partial charge in [-0.05, 0) is 26.0 Å². The number of rotatable bonds is 2. The number of hydrazine groups is 1. The number of amides is 2. The summed E-state index contributed by atoms with van der Waals surface area (Å²) in [6.07, 6.45) is 0. The van der Waals surface area contributed by atoms with E-state index in [0.717, 1.165) is 0 Å². The van der Waals surface area contributed by atoms with E-state index in [1.807, 2.05) is 13.8 Å². The molecule has 0 bridgehead atoms. The maximum atomic E-state index is 11.6. The summed E-state index contributed by atoms with van der Waals surface area (Å²) in [5.41, 5.74) is 2.97. The van der Waals surface area contributed by atoms with Crippen molar-refractivity contribution in [2.24, 2.45) is 0 Å². The fourth-order valence-corrected chi connectivity index (χ4v) is 1.59. The summed E-state index contributed by atoms with van der Waals surface area (Å²) < 4.78 is 0. The first kappa shape index (κ1) is 11.3. The van der Waals surface area contributed by atoms with E-state index in [2.05, 4.69) is 10.7 Å². The molecule has 1 aromatic rings. The highest BCUT2D eigenvalue weighted by atomic mass is 16.6. The first-order valence-corrected chi connectivity index (χ1v) is 5.04. The second-order valence-electron chi connectivity index (χ2n) is 4.28. The van der Waals surface area contributed by atoms with Gasteiger partial charge in [0.05, 0.1) is 10.6 Å². The maximum Gasteiger partial charge on any atom is 0.338 e. The normalized spacial score (nSPS) is 18.0. The summed E-state index contributed by atoms with van der Waals surface area (Å²) in [6, 6.07) is 5.47. The second-order valence-corrected chi connectivity index (χ2v) is 4.28. The van der Waals surface area contributed by atoms with E-state index in [1.54, 1.807) is 0 Å². The topological polar surface area (TPSA) is 87.5 Å². The molecule has 1 heterocycles. The van der Waals surface area contributed by atoms with Crippen molar-refractivity contribution in [3.63, 3.8) is 0 Å². The number of nitro benzene ring substituents is 1. The highest BCUT2D eigenvalue weighted by Crippen LogP contribution is 2.21. The Kier molecular flexibility index (Phi) is 2.47. The molecule has 2 amide bonds. The predicted octanol–water partition coefficient (Wildman–Crippen LogP) is 1.37. The molecule has 2 rings (SSSR count). The molecular formula is C10H12N4O3. The lowest BCUT2D eigenvalue weighted by molar-refractivity contribution is -0.384. The van der Waals surface area contributed by atoms with Crippen molar-refractivity contribution in [1.82, 2.24) is 10.7 Å². The van der Waals surface area contributed by atoms with Crippen LogP contribution in [0.2, 0.25) is 0 Å². The van der Waals surface area contributed by atoms with Gasteiger partial charge >= 0.3 is 6.03 Å². The molecule has 90 valence electrons. The van der Waals surface area contributed by atoms with Crippen molar-refractivity contribution in [2.45, 2.75) is 19.5 Å². The van der Waals surface area contributed by atoms with Crippen molar-refractivity contribution >= 4 is 17.4 Å². The number of hydrogen-bond donors (Lipinski definition) is 2. The van der Waals surface area contributed by atoms with Crippen LogP contribution in [0.1, 0.15) is 13.8 Å². The summed E-state index contributed by atoms with van der Waals surface area (Å²) in [5.74, 6) is 0. The number of nitro groups is 1. The largest absolute Gasteiger partial charge is 0.338 e. The van der Waals surface area contributed by atoms with E-state index in [0.29, 0.717) is 5.69 Å². The molecule has 2 N–H and O–H groups in total. The van der Waals surface area contributed by atoms with Gasteiger partial charge in [0, 0.05) is 12.1 Å². The molecule has 7 heteroatoms. The minimum absolute atomic E-state index is 0.00684. The lowest BCUT2D eigenvalue weighted by atomic mass is 10.3. The van der Waals surface area contributed by atoms with E-state index >= 15 is 0 Å². The summed E-state index contributed by atoms with van der Waals surface area (Å²) >= 11 is 0. The van der Waals surface area contributed by atoms with Gasteiger partial charge in [0.1, 0.15) is 5.66 Å². The van der Waals surface area contributed by atoms with E-state index in [1.165, 1.54) is 29.3 Å². The van der Waals surface area contributed by atoms with Crippen LogP contribution in [-0.2, 0) is 0 Å². The molecule has 1 saturated heterocycles. The third-order valence-electron chi connectivity index (χ3n) is 2.33. The highest BCUT2D eigenvalue weighted by Gasteiger charge is 2.35. The minimum Gasteiger partial charge on any atom is -0.317 e. The summed E-state index contributed by atoms with van der Waals surface area (Å²) in [5, 5.41) is 14.5. The molecule has 0 aliphatic carbocycles. The number of nitrogens with zero attached hydrogens (tertiary/aromatic N) is 2. The van der Waals surface area contributed by atoms with Crippen molar-refractivity contribution in [3.8, 4) is 0 Å². The molecule has 7 nitrogen and oxygen atoms in total. The zero-order chi connectivity index (χ0) is 12.6. The Balaban J connectivity index is 2.24. The standard InChI is InChI=1S/C10H12N4O3/c1-10(2)11-9(15)13(12-10)7-3-5-8(6-4-7)14(16)17/h3-6,12H,1-2H3,(H,11,15). The van der Waals surface area contributed by atoms with Gasteiger partial charge in [-0.15, -0.1) is 0 Å². The van der Waals surface area contributed by atoms with Crippen LogP contribution in [0.25, 0.3) is 0 Å². The molecule has 0 saturated carbocycles. The highest BCUT2D eigenvalue weighted by molar-refractivity contribution is 5.93. The van der Waals surface area contributed by atoms with E-state index < -0.39 is 10.6 Å². The zero-order valence-electron chi connectivity index (χ0n) is 9.43. The first-order valence-electron chi connectivity index (χ1n) is 5.04. The predicted molar refractivity (Wildman–Crippen MR) is 61.3 cm³/mol. The number of nitrogens with one attached hydrogen (secondary N) is 2. The lowest BCUT2D eigenvalue weighted by Crippen LogP contribution is -2.45. The van der Waals surface area contributed by atoms with Crippen LogP contribution in [0.5, 0.6) is 0 Å². The second kappa shape index (κ2) is 3.70. The average molecular weight is 236 g/mol. The van der Waals surface area contributed by atoms with Crippen LogP contribution in [-0.4, -0.2) is 16.6 Å². The van der Waals surface area contributed by atoms with E-state index in [-0.39, 0.29) is 11.7 Å². The lowest BCUT2D eigenvalue weighted by Gasteiger charge is -2.19. The molecule has 1 fully saturated rings. The quantitative estimate of drug-likeness (QED) is 0.599. The summed E-state index contributed by atoms with van der Waals surface area (Å²) in [6.45, 7) is 3.63. The molecular weight excluding hydrogens is 224 g/mol. The fraction of sp³-hybridized carbons (Fsp3) is 0.300. The van der Waals surface area contributed by atoms with Gasteiger partial charge < -0.3 is 5.32 Å². The summed E-state index contributed by atoms with van der Waals surface area (Å²) in [4.78, 5) is 21.6. The Morgan fingerprint density at radius 1 is 1.29 bits per heavy atom. The van der Waals surface area contributed by atoms with Crippen LogP contribution >= 0.6 is 0 Å². The first-order chi connectivity index (χ1) is 7.89. The zero-order valence-corrected chi connectivity index (χ0v) is 9.43. The number of benzene rings is 1. The molecule has 0 spiro atoms. The van der Waals surface area contributed by atoms with Crippen molar-refractivity contribution in [2.75, 3.05) is 5.01 Å². The SMILES string of the molecule is CC1(C)NC(=O)N(c2ccc([N+](=O)[O-])cc2)N1. The Labute approximate surface area is 97.5 Å². The summed E-state index contributed by atoms with van der Waals surface area (Å²) in [7, 11) is 0. The number of carbonyl (C=O) groups is 1. The Bertz CT molecular complexity index is 469. The Morgan fingerprint density at radius 2 is 1.88 bits per heavy atom. The molecule has 0 unspecified atom stereocenters. The van der Waals surface area contributed by atoms with Gasteiger partial charge in [0.2, 0.25) is 0 Å². The molecule has 1 aliphatic heterocycles. The number of non-ortho nitro benzene ring substituents is 1. The molecule has 17 heavy (non-hydrogen) atoms. The third kappa shape index (κ3) is 2.18. The molecule has 0 aromatic heterocycles. The van der Waals surface area contributed by atoms with E-state index in [4.69, 9.17) is 0 Å². The van der Waals surface area contributed by atoms with Gasteiger partial charge in [-0.2, -0.15) is 0 Å². The van der Waals surface area contributed by atoms with Gasteiger partial charge in [-0.25, -0.2) is 15.2 Å². The van der Waals surface area contributed by atoms with Gasteiger partial charge in [0.25, 0.3) is 5.69 Å². The van der Waals surface area contributed by atoms with Gasteiger partial charge in [0.15, 0.2) is 0 Å². The van der Waals surface area contributed by atoms with Crippen molar-refractivity contribution in [3.05, 3.63) is 34.4 Å². The Morgan fingerprint density at radius 3 is 2.29 bits per heavy atom. The molecule has 0 atom stereocenters. The van der Waals surface area contributed by atoms with Crippen LogP contribution < -0.4 is 15.8 Å². The fourth-order valence-electron chi connectivity index (χ4n) is 1.59. The smallest absolute Gasteiger partial charge is 0.317 e. The number of hydrogen-bond acceptors (Lipinski definition) is 4. The Hall–Kier alpha value is -2.15. The number of urea groups is 1. The van der Waals surface area contributed by atoms with Gasteiger partial charge in [-0.3, -0.25) is 10.1 Å². The van der Waals surface area contributed by atoms with Crippen LogP contribution in [0.3, 0.4) is 0 Å². The van der Waals surface area contributed by atoms with Crippen LogP contribution in [0, 0.1) is 10.1 Å². The molecule has 1 aromatic carbocycles. The average Bonchev–Trinajstić information content (AvgIpc) is 2.52. The monoisotopic (exact) mass is 236 g/mol. The van der Waals surface area contributed by atoms with Crippen LogP contribution in [0.15, 0.2) is 24.3 Å².